The summed E-state index contributed by atoms with van der Waals surface area (Å²) in [5.41, 5.74) is 5.53. The molecule has 0 saturated carbocycles. The molecule has 2 N–H and O–H groups in total. The van der Waals surface area contributed by atoms with Gasteiger partial charge >= 0.3 is 0 Å². The van der Waals surface area contributed by atoms with Gasteiger partial charge in [-0.25, -0.2) is 0 Å². The Morgan fingerprint density at radius 2 is 1.77 bits per heavy atom. The van der Waals surface area contributed by atoms with Gasteiger partial charge in [-0.15, -0.1) is 0 Å². The molecule has 0 bridgehead atoms. The molecule has 1 aromatic carbocycles. The van der Waals surface area contributed by atoms with Crippen molar-refractivity contribution in [3.8, 4) is 0 Å². The first-order chi connectivity index (χ1) is 6.09. The summed E-state index contributed by atoms with van der Waals surface area (Å²) < 4.78 is 0. The second-order valence-electron chi connectivity index (χ2n) is 2.59. The maximum atomic E-state index is 10.9. The van der Waals surface area contributed by atoms with Crippen molar-refractivity contribution < 1.29 is 9.59 Å². The minimum atomic E-state index is -0.907. The first kappa shape index (κ1) is 9.74. The summed E-state index contributed by atoms with van der Waals surface area (Å²) in [6.07, 6.45) is 0.0342. The molecule has 0 atom stereocenters. The number of benzene rings is 1. The van der Waals surface area contributed by atoms with E-state index >= 15 is 0 Å². The Balaban J connectivity index is 2.70. The zero-order valence-electron chi connectivity index (χ0n) is 6.79. The number of amides is 1. The highest BCUT2D eigenvalue weighted by molar-refractivity contribution is 6.36. The van der Waals surface area contributed by atoms with E-state index in [0.717, 1.165) is 5.56 Å². The number of hydrogen-bond acceptors (Lipinski definition) is 2. The van der Waals surface area contributed by atoms with E-state index in [2.05, 4.69) is 0 Å². The first-order valence-corrected chi connectivity index (χ1v) is 4.04. The molecule has 0 fully saturated rings. The molecule has 1 aromatic rings. The fourth-order valence-corrected chi connectivity index (χ4v) is 1.00. The Morgan fingerprint density at radius 1 is 1.23 bits per heavy atom. The number of halogens is 1. The fraction of sp³-hybridized carbons (Fsp3) is 0.111. The highest BCUT2D eigenvalue weighted by Gasteiger charge is 2.09. The quantitative estimate of drug-likeness (QED) is 0.733. The second kappa shape index (κ2) is 4.05. The van der Waals surface area contributed by atoms with E-state index in [0.29, 0.717) is 5.02 Å². The first-order valence-electron chi connectivity index (χ1n) is 3.66. The van der Waals surface area contributed by atoms with Gasteiger partial charge in [-0.2, -0.15) is 0 Å². The summed E-state index contributed by atoms with van der Waals surface area (Å²) in [5.74, 6) is -1.50. The van der Waals surface area contributed by atoms with Gasteiger partial charge in [0.05, 0.1) is 0 Å². The smallest absolute Gasteiger partial charge is 0.285 e. The molecular formula is C9H8ClNO2. The average Bonchev–Trinajstić information content (AvgIpc) is 2.08. The standard InChI is InChI=1S/C9H8ClNO2/c10-7-3-1-6(2-4-7)5-8(12)9(11)13/h1-4H,5H2,(H2,11,13). The SMILES string of the molecule is NC(=O)C(=O)Cc1ccc(Cl)cc1. The number of carbonyl (C=O) groups excluding carboxylic acids is 2. The van der Waals surface area contributed by atoms with E-state index in [1.165, 1.54) is 0 Å². The van der Waals surface area contributed by atoms with Crippen LogP contribution in [0.4, 0.5) is 0 Å². The summed E-state index contributed by atoms with van der Waals surface area (Å²) in [4.78, 5) is 21.3. The zero-order valence-corrected chi connectivity index (χ0v) is 7.54. The molecule has 0 unspecified atom stereocenters. The van der Waals surface area contributed by atoms with Gasteiger partial charge in [-0.05, 0) is 17.7 Å². The third-order valence-corrected chi connectivity index (χ3v) is 1.80. The zero-order chi connectivity index (χ0) is 9.84. The molecule has 0 aliphatic heterocycles. The summed E-state index contributed by atoms with van der Waals surface area (Å²) in [6.45, 7) is 0. The molecule has 0 saturated heterocycles. The molecule has 0 heterocycles. The molecule has 0 aromatic heterocycles. The summed E-state index contributed by atoms with van der Waals surface area (Å²) in [5, 5.41) is 0.593. The number of nitrogens with two attached hydrogens (primary N) is 1. The minimum Gasteiger partial charge on any atom is -0.363 e. The lowest BCUT2D eigenvalue weighted by Gasteiger charge is -1.97. The lowest BCUT2D eigenvalue weighted by atomic mass is 10.1. The van der Waals surface area contributed by atoms with E-state index in [4.69, 9.17) is 17.3 Å². The molecule has 68 valence electrons. The lowest BCUT2D eigenvalue weighted by Crippen LogP contribution is -2.24. The molecule has 1 amide bonds. The van der Waals surface area contributed by atoms with Crippen LogP contribution in [0, 0.1) is 0 Å². The Kier molecular flexibility index (Phi) is 3.03. The summed E-state index contributed by atoms with van der Waals surface area (Å²) in [6, 6.07) is 6.68. The molecule has 0 radical (unpaired) electrons. The molecular weight excluding hydrogens is 190 g/mol. The lowest BCUT2D eigenvalue weighted by molar-refractivity contribution is -0.135. The van der Waals surface area contributed by atoms with Crippen LogP contribution in [-0.4, -0.2) is 11.7 Å². The minimum absolute atomic E-state index is 0.0342. The number of rotatable bonds is 3. The van der Waals surface area contributed by atoms with Crippen molar-refractivity contribution in [3.63, 3.8) is 0 Å². The predicted octanol–water partition coefficient (Wildman–Crippen LogP) is 0.937. The van der Waals surface area contributed by atoms with Crippen LogP contribution in [0.2, 0.25) is 5.02 Å². The Bertz CT molecular complexity index is 332. The number of Topliss-reactive ketones (excluding diaryl/α,β-unsaturated/α-hetero) is 1. The summed E-state index contributed by atoms with van der Waals surface area (Å²) >= 11 is 5.63. The Labute approximate surface area is 80.5 Å². The van der Waals surface area contributed by atoms with Crippen LogP contribution in [0.15, 0.2) is 24.3 Å². The highest BCUT2D eigenvalue weighted by Crippen LogP contribution is 2.09. The monoisotopic (exact) mass is 197 g/mol. The van der Waals surface area contributed by atoms with Gasteiger partial charge in [0, 0.05) is 11.4 Å². The maximum Gasteiger partial charge on any atom is 0.285 e. The van der Waals surface area contributed by atoms with Gasteiger partial charge in [0.1, 0.15) is 0 Å². The van der Waals surface area contributed by atoms with Crippen LogP contribution in [0.5, 0.6) is 0 Å². The van der Waals surface area contributed by atoms with Crippen LogP contribution in [0.25, 0.3) is 0 Å². The molecule has 0 aliphatic rings. The molecule has 13 heavy (non-hydrogen) atoms. The third kappa shape index (κ3) is 2.87. The van der Waals surface area contributed by atoms with Gasteiger partial charge in [0.25, 0.3) is 5.91 Å². The Morgan fingerprint density at radius 3 is 2.23 bits per heavy atom. The molecule has 0 aliphatic carbocycles. The van der Waals surface area contributed by atoms with Crippen molar-refractivity contribution >= 4 is 23.3 Å². The Hall–Kier alpha value is -1.35. The normalized spacial score (nSPS) is 9.62. The van der Waals surface area contributed by atoms with Crippen molar-refractivity contribution in [2.24, 2.45) is 5.73 Å². The van der Waals surface area contributed by atoms with Crippen molar-refractivity contribution in [2.45, 2.75) is 6.42 Å². The largest absolute Gasteiger partial charge is 0.363 e. The predicted molar refractivity (Wildman–Crippen MR) is 49.4 cm³/mol. The highest BCUT2D eigenvalue weighted by atomic mass is 35.5. The molecule has 4 heteroatoms. The third-order valence-electron chi connectivity index (χ3n) is 1.55. The van der Waals surface area contributed by atoms with Gasteiger partial charge in [-0.1, -0.05) is 23.7 Å². The van der Waals surface area contributed by atoms with Crippen LogP contribution >= 0.6 is 11.6 Å². The van der Waals surface area contributed by atoms with Gasteiger partial charge in [-0.3, -0.25) is 9.59 Å². The fourth-order valence-electron chi connectivity index (χ4n) is 0.875. The topological polar surface area (TPSA) is 60.2 Å². The van der Waals surface area contributed by atoms with Crippen molar-refractivity contribution in [1.29, 1.82) is 0 Å². The second-order valence-corrected chi connectivity index (χ2v) is 3.03. The molecule has 0 spiro atoms. The molecule has 3 nitrogen and oxygen atoms in total. The van der Waals surface area contributed by atoms with Crippen LogP contribution in [0.3, 0.4) is 0 Å². The van der Waals surface area contributed by atoms with Gasteiger partial charge in [0.2, 0.25) is 5.78 Å². The number of ketones is 1. The van der Waals surface area contributed by atoms with Crippen LogP contribution in [0.1, 0.15) is 5.56 Å². The number of primary amides is 1. The van der Waals surface area contributed by atoms with E-state index in [9.17, 15) is 9.59 Å². The van der Waals surface area contributed by atoms with Gasteiger partial charge in [0.15, 0.2) is 0 Å². The summed E-state index contributed by atoms with van der Waals surface area (Å²) in [7, 11) is 0. The maximum absolute atomic E-state index is 10.9. The van der Waals surface area contributed by atoms with Crippen LogP contribution < -0.4 is 5.73 Å². The van der Waals surface area contributed by atoms with Crippen molar-refractivity contribution in [2.75, 3.05) is 0 Å². The molecule has 1 rings (SSSR count). The van der Waals surface area contributed by atoms with Gasteiger partial charge < -0.3 is 5.73 Å². The number of hydrogen-bond donors (Lipinski definition) is 1. The van der Waals surface area contributed by atoms with E-state index in [1.54, 1.807) is 24.3 Å². The van der Waals surface area contributed by atoms with Crippen molar-refractivity contribution in [1.82, 2.24) is 0 Å². The van der Waals surface area contributed by atoms with E-state index < -0.39 is 11.7 Å². The van der Waals surface area contributed by atoms with E-state index in [1.807, 2.05) is 0 Å². The number of carbonyl (C=O) groups is 2. The van der Waals surface area contributed by atoms with Crippen LogP contribution in [-0.2, 0) is 16.0 Å². The van der Waals surface area contributed by atoms with Crippen molar-refractivity contribution in [3.05, 3.63) is 34.9 Å². The van der Waals surface area contributed by atoms with E-state index in [-0.39, 0.29) is 6.42 Å². The average molecular weight is 198 g/mol.